The molecule has 1 heterocycles. The van der Waals surface area contributed by atoms with Crippen LogP contribution in [-0.4, -0.2) is 49.3 Å². The zero-order chi connectivity index (χ0) is 23.4. The standard InChI is InChI=1S/C28H37NO4/c1-19(23-10-11-26(32-2)27(18-23)33-3)16-20-4-5-24(17-20)21-6-8-22(9-7-21)28(31)29-14-12-25(30)13-15-29/h6-11,18-20,24-25,30H,4-5,12-17H2,1-3H3/t19-,20?,24-/m0/s1. The largest absolute Gasteiger partial charge is 0.493 e. The summed E-state index contributed by atoms with van der Waals surface area (Å²) in [6, 6.07) is 14.5. The molecule has 2 fully saturated rings. The summed E-state index contributed by atoms with van der Waals surface area (Å²) in [7, 11) is 3.35. The van der Waals surface area contributed by atoms with Crippen LogP contribution in [0.5, 0.6) is 11.5 Å². The van der Waals surface area contributed by atoms with Crippen LogP contribution < -0.4 is 9.47 Å². The van der Waals surface area contributed by atoms with Crippen LogP contribution in [0, 0.1) is 5.92 Å². The zero-order valence-corrected chi connectivity index (χ0v) is 20.1. The molecule has 178 valence electrons. The van der Waals surface area contributed by atoms with Crippen molar-refractivity contribution in [3.05, 3.63) is 59.2 Å². The molecule has 33 heavy (non-hydrogen) atoms. The van der Waals surface area contributed by atoms with Gasteiger partial charge in [0.1, 0.15) is 0 Å². The van der Waals surface area contributed by atoms with E-state index in [0.717, 1.165) is 17.1 Å². The molecule has 1 aliphatic carbocycles. The molecule has 1 saturated carbocycles. The number of rotatable bonds is 7. The van der Waals surface area contributed by atoms with Crippen molar-refractivity contribution in [2.45, 2.75) is 63.4 Å². The Morgan fingerprint density at radius 1 is 1.00 bits per heavy atom. The minimum atomic E-state index is -0.263. The monoisotopic (exact) mass is 451 g/mol. The summed E-state index contributed by atoms with van der Waals surface area (Å²) in [6.07, 6.45) is 5.92. The SMILES string of the molecule is COc1ccc([C@@H](C)CC2CC[C@H](c3ccc(C(=O)N4CCC(O)CC4)cc3)C2)cc1OC. The van der Waals surface area contributed by atoms with Crippen LogP contribution in [-0.2, 0) is 0 Å². The Labute approximate surface area is 197 Å². The number of methoxy groups -OCH3 is 2. The van der Waals surface area contributed by atoms with E-state index in [1.54, 1.807) is 14.2 Å². The first-order valence-corrected chi connectivity index (χ1v) is 12.3. The van der Waals surface area contributed by atoms with E-state index in [1.165, 1.54) is 36.8 Å². The number of piperidine rings is 1. The average molecular weight is 452 g/mol. The van der Waals surface area contributed by atoms with Gasteiger partial charge in [-0.2, -0.15) is 0 Å². The van der Waals surface area contributed by atoms with Crippen molar-refractivity contribution >= 4 is 5.91 Å². The van der Waals surface area contributed by atoms with Crippen LogP contribution in [0.15, 0.2) is 42.5 Å². The fourth-order valence-electron chi connectivity index (χ4n) is 5.54. The first-order valence-electron chi connectivity index (χ1n) is 12.3. The predicted molar refractivity (Wildman–Crippen MR) is 130 cm³/mol. The Morgan fingerprint density at radius 3 is 2.36 bits per heavy atom. The Hall–Kier alpha value is -2.53. The van der Waals surface area contributed by atoms with Gasteiger partial charge in [0.25, 0.3) is 5.91 Å². The molecule has 0 aromatic heterocycles. The molecule has 2 aliphatic rings. The lowest BCUT2D eigenvalue weighted by Crippen LogP contribution is -2.40. The Morgan fingerprint density at radius 2 is 1.70 bits per heavy atom. The minimum Gasteiger partial charge on any atom is -0.493 e. The van der Waals surface area contributed by atoms with Gasteiger partial charge < -0.3 is 19.5 Å². The van der Waals surface area contributed by atoms with Crippen LogP contribution in [0.25, 0.3) is 0 Å². The summed E-state index contributed by atoms with van der Waals surface area (Å²) in [5, 5.41) is 9.67. The number of carbonyl (C=O) groups excluding carboxylic acids is 1. The molecule has 0 radical (unpaired) electrons. The van der Waals surface area contributed by atoms with Gasteiger partial charge in [0.15, 0.2) is 11.5 Å². The van der Waals surface area contributed by atoms with E-state index in [4.69, 9.17) is 9.47 Å². The minimum absolute atomic E-state index is 0.0847. The molecule has 1 aliphatic heterocycles. The molecule has 0 spiro atoms. The predicted octanol–water partition coefficient (Wildman–Crippen LogP) is 5.38. The fraction of sp³-hybridized carbons (Fsp3) is 0.536. The van der Waals surface area contributed by atoms with Gasteiger partial charge in [-0.05, 0) is 91.7 Å². The maximum Gasteiger partial charge on any atom is 0.253 e. The Bertz CT molecular complexity index is 933. The van der Waals surface area contributed by atoms with Crippen LogP contribution in [0.1, 0.15) is 78.8 Å². The van der Waals surface area contributed by atoms with E-state index in [0.29, 0.717) is 43.7 Å². The first kappa shape index (κ1) is 23.6. The summed E-state index contributed by atoms with van der Waals surface area (Å²) in [5.41, 5.74) is 3.40. The second kappa shape index (κ2) is 10.6. The average Bonchev–Trinajstić information content (AvgIpc) is 3.32. The molecular formula is C28H37NO4. The number of amides is 1. The number of aliphatic hydroxyl groups is 1. The normalized spacial score (nSPS) is 22.2. The van der Waals surface area contributed by atoms with Gasteiger partial charge in [0.2, 0.25) is 0 Å². The molecule has 5 heteroatoms. The van der Waals surface area contributed by atoms with Crippen LogP contribution in [0.4, 0.5) is 0 Å². The van der Waals surface area contributed by atoms with Crippen molar-refractivity contribution in [2.24, 2.45) is 5.92 Å². The summed E-state index contributed by atoms with van der Waals surface area (Å²) in [6.45, 7) is 3.59. The Balaban J connectivity index is 1.32. The summed E-state index contributed by atoms with van der Waals surface area (Å²) in [4.78, 5) is 14.6. The van der Waals surface area contributed by atoms with Crippen molar-refractivity contribution in [3.63, 3.8) is 0 Å². The number of aliphatic hydroxyl groups excluding tert-OH is 1. The third kappa shape index (κ3) is 5.52. The van der Waals surface area contributed by atoms with Gasteiger partial charge in [-0.3, -0.25) is 4.79 Å². The Kier molecular flexibility index (Phi) is 7.59. The second-order valence-corrected chi connectivity index (χ2v) is 9.77. The lowest BCUT2D eigenvalue weighted by Gasteiger charge is -2.29. The van der Waals surface area contributed by atoms with Crippen molar-refractivity contribution in [2.75, 3.05) is 27.3 Å². The molecule has 2 aromatic carbocycles. The second-order valence-electron chi connectivity index (χ2n) is 9.77. The van der Waals surface area contributed by atoms with Gasteiger partial charge in [0.05, 0.1) is 20.3 Å². The highest BCUT2D eigenvalue weighted by Crippen LogP contribution is 2.43. The molecule has 1 amide bonds. The molecule has 3 atom stereocenters. The number of ether oxygens (including phenoxy) is 2. The topological polar surface area (TPSA) is 59.0 Å². The molecule has 1 unspecified atom stereocenters. The van der Waals surface area contributed by atoms with E-state index in [-0.39, 0.29) is 12.0 Å². The fourth-order valence-corrected chi connectivity index (χ4v) is 5.54. The number of hydrogen-bond acceptors (Lipinski definition) is 4. The molecule has 1 N–H and O–H groups in total. The summed E-state index contributed by atoms with van der Waals surface area (Å²) >= 11 is 0. The number of carbonyl (C=O) groups is 1. The van der Waals surface area contributed by atoms with Gasteiger partial charge in [-0.25, -0.2) is 0 Å². The number of hydrogen-bond donors (Lipinski definition) is 1. The molecular weight excluding hydrogens is 414 g/mol. The smallest absolute Gasteiger partial charge is 0.253 e. The van der Waals surface area contributed by atoms with E-state index in [2.05, 4.69) is 31.2 Å². The van der Waals surface area contributed by atoms with E-state index < -0.39 is 0 Å². The van der Waals surface area contributed by atoms with Gasteiger partial charge in [0, 0.05) is 18.7 Å². The van der Waals surface area contributed by atoms with Crippen molar-refractivity contribution in [1.29, 1.82) is 0 Å². The summed E-state index contributed by atoms with van der Waals surface area (Å²) in [5.74, 6) is 3.40. The molecule has 4 rings (SSSR count). The lowest BCUT2D eigenvalue weighted by molar-refractivity contribution is 0.0546. The van der Waals surface area contributed by atoms with E-state index in [9.17, 15) is 9.90 Å². The van der Waals surface area contributed by atoms with Crippen LogP contribution in [0.3, 0.4) is 0 Å². The highest BCUT2D eigenvalue weighted by atomic mass is 16.5. The maximum atomic E-state index is 12.8. The molecule has 5 nitrogen and oxygen atoms in total. The quantitative estimate of drug-likeness (QED) is 0.614. The zero-order valence-electron chi connectivity index (χ0n) is 20.1. The van der Waals surface area contributed by atoms with E-state index in [1.807, 2.05) is 23.1 Å². The van der Waals surface area contributed by atoms with Gasteiger partial charge in [-0.15, -0.1) is 0 Å². The van der Waals surface area contributed by atoms with Crippen molar-refractivity contribution in [1.82, 2.24) is 4.90 Å². The van der Waals surface area contributed by atoms with Crippen molar-refractivity contribution < 1.29 is 19.4 Å². The number of likely N-dealkylation sites (tertiary alicyclic amines) is 1. The highest BCUT2D eigenvalue weighted by molar-refractivity contribution is 5.94. The highest BCUT2D eigenvalue weighted by Gasteiger charge is 2.28. The maximum absolute atomic E-state index is 12.8. The van der Waals surface area contributed by atoms with Gasteiger partial charge >= 0.3 is 0 Å². The third-order valence-corrected chi connectivity index (χ3v) is 7.59. The lowest BCUT2D eigenvalue weighted by atomic mass is 9.87. The van der Waals surface area contributed by atoms with Crippen molar-refractivity contribution in [3.8, 4) is 11.5 Å². The first-order chi connectivity index (χ1) is 16.0. The van der Waals surface area contributed by atoms with Crippen LogP contribution >= 0.6 is 0 Å². The molecule has 1 saturated heterocycles. The summed E-state index contributed by atoms with van der Waals surface area (Å²) < 4.78 is 10.8. The van der Waals surface area contributed by atoms with Crippen LogP contribution in [0.2, 0.25) is 0 Å². The van der Waals surface area contributed by atoms with E-state index >= 15 is 0 Å². The molecule has 2 aromatic rings. The third-order valence-electron chi connectivity index (χ3n) is 7.59. The molecule has 0 bridgehead atoms. The number of nitrogens with zero attached hydrogens (tertiary/aromatic N) is 1. The van der Waals surface area contributed by atoms with Gasteiger partial charge in [-0.1, -0.05) is 25.1 Å². The number of benzene rings is 2.